The van der Waals surface area contributed by atoms with Gasteiger partial charge in [0.2, 0.25) is 0 Å². The van der Waals surface area contributed by atoms with Gasteiger partial charge in [-0.05, 0) is 109 Å². The number of nitrogens with one attached hydrogen (secondary N) is 2. The molecule has 3 aromatic carbocycles. The lowest BCUT2D eigenvalue weighted by Gasteiger charge is -2.19. The summed E-state index contributed by atoms with van der Waals surface area (Å²) >= 11 is 0. The second kappa shape index (κ2) is 11.1. The number of hydrogen-bond donors (Lipinski definition) is 2. The van der Waals surface area contributed by atoms with Crippen LogP contribution in [0.5, 0.6) is 0 Å². The van der Waals surface area contributed by atoms with Crippen molar-refractivity contribution < 1.29 is 0 Å². The Balaban J connectivity index is 1.48. The number of aromatic amines is 2. The topological polar surface area (TPSA) is 109 Å². The molecule has 0 unspecified atom stereocenters. The number of rotatable bonds is 6. The molecule has 4 aromatic heterocycles. The highest BCUT2D eigenvalue weighted by atomic mass is 15.3. The summed E-state index contributed by atoms with van der Waals surface area (Å²) in [6.45, 7) is 8.18. The molecule has 0 aliphatic heterocycles. The first kappa shape index (κ1) is 27.1. The maximum atomic E-state index is 4.67. The number of benzene rings is 3. The third kappa shape index (κ3) is 5.29. The molecule has 0 aliphatic rings. The lowest BCUT2D eigenvalue weighted by Crippen LogP contribution is -1.96. The van der Waals surface area contributed by atoms with Crippen LogP contribution in [0.3, 0.4) is 0 Å². The first-order valence-electron chi connectivity index (χ1n) is 14.5. The van der Waals surface area contributed by atoms with E-state index in [9.17, 15) is 0 Å². The Hall–Kier alpha value is -5.76. The highest BCUT2D eigenvalue weighted by Gasteiger charge is 2.18. The monoisotopic (exact) mass is 574 g/mol. The highest BCUT2D eigenvalue weighted by Crippen LogP contribution is 2.43. The van der Waals surface area contributed by atoms with Crippen molar-refractivity contribution in [3.63, 3.8) is 0 Å². The maximum absolute atomic E-state index is 4.67. The summed E-state index contributed by atoms with van der Waals surface area (Å²) in [4.78, 5) is 9.33. The van der Waals surface area contributed by atoms with E-state index in [1.54, 1.807) is 12.4 Å². The van der Waals surface area contributed by atoms with Crippen LogP contribution < -0.4 is 0 Å². The molecule has 0 saturated heterocycles. The van der Waals surface area contributed by atoms with Gasteiger partial charge >= 0.3 is 0 Å². The van der Waals surface area contributed by atoms with Gasteiger partial charge in [0.25, 0.3) is 0 Å². The van der Waals surface area contributed by atoms with Crippen molar-refractivity contribution >= 4 is 0 Å². The Labute approximate surface area is 255 Å². The Morgan fingerprint density at radius 3 is 1.02 bits per heavy atom. The second-order valence-corrected chi connectivity index (χ2v) is 11.1. The van der Waals surface area contributed by atoms with Crippen LogP contribution in [-0.4, -0.2) is 40.8 Å². The maximum Gasteiger partial charge on any atom is 0.112 e. The van der Waals surface area contributed by atoms with Gasteiger partial charge in [-0.1, -0.05) is 59.0 Å². The van der Waals surface area contributed by atoms with Gasteiger partial charge in [0.05, 0.1) is 0 Å². The van der Waals surface area contributed by atoms with E-state index >= 15 is 0 Å². The predicted octanol–water partition coefficient (Wildman–Crippen LogP) is 7.95. The number of hydrogen-bond acceptors (Lipinski definition) is 6. The predicted molar refractivity (Wildman–Crippen MR) is 173 cm³/mol. The molecule has 8 nitrogen and oxygen atoms in total. The molecule has 0 fully saturated rings. The van der Waals surface area contributed by atoms with Crippen LogP contribution in [0.15, 0.2) is 97.3 Å². The van der Waals surface area contributed by atoms with Crippen molar-refractivity contribution in [3.05, 3.63) is 120 Å². The van der Waals surface area contributed by atoms with Crippen LogP contribution in [0.1, 0.15) is 22.8 Å². The molecule has 7 rings (SSSR count). The van der Waals surface area contributed by atoms with Gasteiger partial charge in [-0.2, -0.15) is 0 Å². The lowest BCUT2D eigenvalue weighted by atomic mass is 9.85. The smallest absolute Gasteiger partial charge is 0.112 e. The fourth-order valence-electron chi connectivity index (χ4n) is 5.86. The van der Waals surface area contributed by atoms with Crippen molar-refractivity contribution in [2.75, 3.05) is 0 Å². The van der Waals surface area contributed by atoms with Gasteiger partial charge in [0.1, 0.15) is 11.4 Å². The zero-order valence-electron chi connectivity index (χ0n) is 24.9. The summed E-state index contributed by atoms with van der Waals surface area (Å²) in [6, 6.07) is 30.3. The molecule has 4 heterocycles. The minimum Gasteiger partial charge on any atom is -0.265 e. The van der Waals surface area contributed by atoms with E-state index in [-0.39, 0.29) is 0 Å². The standard InChI is InChI=1S/C36H30N8/c1-21-13-29(14-22(2)39-21)33-17-32(26-7-11-28(12-8-26)36-20-38-44-42-36)34(30-15-23(3)40-24(4)16-30)18-31(33)25-5-9-27(10-6-25)35-19-37-43-41-35/h5-20H,1-4H3,(H,37,41,43)(H,38,42,44). The van der Waals surface area contributed by atoms with Gasteiger partial charge < -0.3 is 0 Å². The molecule has 0 saturated carbocycles. The summed E-state index contributed by atoms with van der Waals surface area (Å²) in [6.07, 6.45) is 3.61. The Morgan fingerprint density at radius 2 is 0.705 bits per heavy atom. The van der Waals surface area contributed by atoms with E-state index in [1.807, 2.05) is 27.7 Å². The molecule has 7 aromatic rings. The summed E-state index contributed by atoms with van der Waals surface area (Å²) in [5.74, 6) is 0. The van der Waals surface area contributed by atoms with Crippen LogP contribution in [0, 0.1) is 27.7 Å². The molecular formula is C36H30N8. The zero-order valence-corrected chi connectivity index (χ0v) is 24.9. The molecule has 0 spiro atoms. The molecule has 8 heteroatoms. The number of H-pyrrole nitrogens is 2. The number of aryl methyl sites for hydroxylation is 4. The quantitative estimate of drug-likeness (QED) is 0.209. The molecule has 0 amide bonds. The second-order valence-electron chi connectivity index (χ2n) is 11.1. The minimum atomic E-state index is 0.810. The van der Waals surface area contributed by atoms with Crippen LogP contribution in [-0.2, 0) is 0 Å². The molecule has 2 N–H and O–H groups in total. The molecule has 44 heavy (non-hydrogen) atoms. The van der Waals surface area contributed by atoms with Gasteiger partial charge in [0, 0.05) is 46.3 Å². The Kier molecular flexibility index (Phi) is 6.86. The van der Waals surface area contributed by atoms with E-state index in [1.165, 1.54) is 0 Å². The first-order chi connectivity index (χ1) is 21.4. The largest absolute Gasteiger partial charge is 0.265 e. The fraction of sp³-hybridized carbons (Fsp3) is 0.111. The average molecular weight is 575 g/mol. The van der Waals surface area contributed by atoms with Crippen molar-refractivity contribution in [2.24, 2.45) is 0 Å². The van der Waals surface area contributed by atoms with Crippen molar-refractivity contribution in [3.8, 4) is 67.0 Å². The van der Waals surface area contributed by atoms with Crippen LogP contribution in [0.2, 0.25) is 0 Å². The van der Waals surface area contributed by atoms with E-state index in [0.29, 0.717) is 0 Å². The third-order valence-corrected chi connectivity index (χ3v) is 7.76. The summed E-state index contributed by atoms with van der Waals surface area (Å²) in [5, 5.41) is 21.7. The van der Waals surface area contributed by atoms with E-state index in [2.05, 4.69) is 126 Å². The molecule has 0 bridgehead atoms. The Bertz CT molecular complexity index is 1880. The van der Waals surface area contributed by atoms with Crippen LogP contribution in [0.25, 0.3) is 67.0 Å². The number of nitrogens with zero attached hydrogens (tertiary/aromatic N) is 6. The molecule has 0 aliphatic carbocycles. The van der Waals surface area contributed by atoms with E-state index in [0.717, 1.165) is 89.8 Å². The van der Waals surface area contributed by atoms with Gasteiger partial charge in [-0.15, -0.1) is 10.2 Å². The van der Waals surface area contributed by atoms with Crippen LogP contribution >= 0.6 is 0 Å². The SMILES string of the molecule is Cc1cc(-c2cc(-c3ccc(-c4c[nH]nn4)cc3)c(-c3cc(C)nc(C)c3)cc2-c2ccc(-c3c[nH]nn3)cc2)cc(C)n1. The average Bonchev–Trinajstić information content (AvgIpc) is 3.76. The first-order valence-corrected chi connectivity index (χ1v) is 14.5. The fourth-order valence-corrected chi connectivity index (χ4v) is 5.86. The van der Waals surface area contributed by atoms with Crippen molar-refractivity contribution in [1.82, 2.24) is 40.8 Å². The molecule has 0 radical (unpaired) electrons. The van der Waals surface area contributed by atoms with E-state index < -0.39 is 0 Å². The molecule has 0 atom stereocenters. The molecular weight excluding hydrogens is 544 g/mol. The normalized spacial score (nSPS) is 11.2. The zero-order chi connectivity index (χ0) is 30.2. The Morgan fingerprint density at radius 1 is 0.386 bits per heavy atom. The van der Waals surface area contributed by atoms with Gasteiger partial charge in [-0.3, -0.25) is 20.2 Å². The summed E-state index contributed by atoms with van der Waals surface area (Å²) in [7, 11) is 0. The summed E-state index contributed by atoms with van der Waals surface area (Å²) < 4.78 is 0. The van der Waals surface area contributed by atoms with Crippen molar-refractivity contribution in [1.29, 1.82) is 0 Å². The number of aromatic nitrogens is 8. The van der Waals surface area contributed by atoms with Crippen molar-refractivity contribution in [2.45, 2.75) is 27.7 Å². The van der Waals surface area contributed by atoms with E-state index in [4.69, 9.17) is 0 Å². The molecule has 214 valence electrons. The lowest BCUT2D eigenvalue weighted by molar-refractivity contribution is 0.942. The van der Waals surface area contributed by atoms with Gasteiger partial charge in [0.15, 0.2) is 0 Å². The summed E-state index contributed by atoms with van der Waals surface area (Å²) in [5.41, 5.74) is 16.5. The van der Waals surface area contributed by atoms with Crippen LogP contribution in [0.4, 0.5) is 0 Å². The third-order valence-electron chi connectivity index (χ3n) is 7.76. The number of pyridine rings is 2. The highest BCUT2D eigenvalue weighted by molar-refractivity contribution is 5.95. The minimum absolute atomic E-state index is 0.810. The van der Waals surface area contributed by atoms with Gasteiger partial charge in [-0.25, -0.2) is 0 Å².